The van der Waals surface area contributed by atoms with Crippen LogP contribution in [0.15, 0.2) is 4.99 Å². The Morgan fingerprint density at radius 3 is 2.80 bits per heavy atom. The van der Waals surface area contributed by atoms with Gasteiger partial charge >= 0.3 is 0 Å². The molecule has 0 aliphatic heterocycles. The largest absolute Gasteiger partial charge is 0.390 e. The van der Waals surface area contributed by atoms with E-state index in [0.29, 0.717) is 19.2 Å². The van der Waals surface area contributed by atoms with Gasteiger partial charge in [-0.3, -0.25) is 4.99 Å². The van der Waals surface area contributed by atoms with Gasteiger partial charge in [-0.15, -0.1) is 0 Å². The molecule has 0 rings (SSSR count). The molecule has 0 aromatic heterocycles. The molecule has 0 heterocycles. The quantitative estimate of drug-likeness (QED) is 0.365. The predicted octanol–water partition coefficient (Wildman–Crippen LogP) is -0.295. The SMILES string of the molecule is CCCC(CN=CN)NCC(N)COC. The lowest BCUT2D eigenvalue weighted by Gasteiger charge is -2.18. The van der Waals surface area contributed by atoms with Gasteiger partial charge < -0.3 is 21.5 Å². The van der Waals surface area contributed by atoms with Crippen LogP contribution in [-0.2, 0) is 4.74 Å². The molecule has 5 nitrogen and oxygen atoms in total. The minimum Gasteiger partial charge on any atom is -0.390 e. The van der Waals surface area contributed by atoms with Gasteiger partial charge in [0.05, 0.1) is 19.5 Å². The van der Waals surface area contributed by atoms with Crippen LogP contribution in [0.25, 0.3) is 0 Å². The van der Waals surface area contributed by atoms with Gasteiger partial charge in [0.15, 0.2) is 0 Å². The van der Waals surface area contributed by atoms with Crippen molar-refractivity contribution < 1.29 is 4.74 Å². The van der Waals surface area contributed by atoms with E-state index in [1.807, 2.05) is 0 Å². The summed E-state index contributed by atoms with van der Waals surface area (Å²) < 4.78 is 4.96. The molecule has 5 heteroatoms. The summed E-state index contributed by atoms with van der Waals surface area (Å²) in [6, 6.07) is 0.397. The summed E-state index contributed by atoms with van der Waals surface area (Å²) in [6.45, 7) is 4.19. The third-order valence-electron chi connectivity index (χ3n) is 2.12. The van der Waals surface area contributed by atoms with E-state index in [0.717, 1.165) is 19.4 Å². The van der Waals surface area contributed by atoms with Crippen molar-refractivity contribution in [1.29, 1.82) is 0 Å². The molecular formula is C10H24N4O. The standard InChI is InChI=1S/C10H24N4O/c1-3-4-10(6-13-8-11)14-5-9(12)7-15-2/h8-10,14H,3-7,12H2,1-2H3,(H2,11,13). The number of rotatable bonds is 9. The summed E-state index contributed by atoms with van der Waals surface area (Å²) in [6.07, 6.45) is 3.55. The second-order valence-electron chi connectivity index (χ2n) is 3.62. The third-order valence-corrected chi connectivity index (χ3v) is 2.12. The van der Waals surface area contributed by atoms with Crippen LogP contribution in [0.2, 0.25) is 0 Å². The van der Waals surface area contributed by atoms with Gasteiger partial charge in [0.2, 0.25) is 0 Å². The maximum Gasteiger partial charge on any atom is 0.0798 e. The maximum absolute atomic E-state index is 5.81. The number of methoxy groups -OCH3 is 1. The first-order chi connectivity index (χ1) is 7.24. The number of ether oxygens (including phenoxy) is 1. The Balaban J connectivity index is 3.73. The molecule has 90 valence electrons. The van der Waals surface area contributed by atoms with Crippen molar-refractivity contribution in [1.82, 2.24) is 5.32 Å². The molecule has 0 amide bonds. The number of hydrogen-bond donors (Lipinski definition) is 3. The fourth-order valence-electron chi connectivity index (χ4n) is 1.39. The fourth-order valence-corrected chi connectivity index (χ4v) is 1.39. The van der Waals surface area contributed by atoms with Gasteiger partial charge in [-0.25, -0.2) is 0 Å². The van der Waals surface area contributed by atoms with Crippen molar-refractivity contribution >= 4 is 6.34 Å². The number of nitrogens with one attached hydrogen (secondary N) is 1. The van der Waals surface area contributed by atoms with Gasteiger partial charge in [0.1, 0.15) is 0 Å². The van der Waals surface area contributed by atoms with E-state index in [9.17, 15) is 0 Å². The number of hydrogen-bond acceptors (Lipinski definition) is 4. The Morgan fingerprint density at radius 1 is 1.53 bits per heavy atom. The zero-order chi connectivity index (χ0) is 11.5. The molecule has 0 aliphatic carbocycles. The van der Waals surface area contributed by atoms with Crippen molar-refractivity contribution in [2.24, 2.45) is 16.5 Å². The Bertz CT molecular complexity index is 164. The third kappa shape index (κ3) is 8.35. The average molecular weight is 216 g/mol. The first kappa shape index (κ1) is 14.3. The lowest BCUT2D eigenvalue weighted by molar-refractivity contribution is 0.177. The topological polar surface area (TPSA) is 85.7 Å². The van der Waals surface area contributed by atoms with Crippen molar-refractivity contribution in [3.05, 3.63) is 0 Å². The van der Waals surface area contributed by atoms with Gasteiger partial charge in [0.25, 0.3) is 0 Å². The highest BCUT2D eigenvalue weighted by atomic mass is 16.5. The normalized spacial score (nSPS) is 15.7. The first-order valence-corrected chi connectivity index (χ1v) is 5.42. The average Bonchev–Trinajstić information content (AvgIpc) is 2.22. The zero-order valence-electron chi connectivity index (χ0n) is 9.78. The Hall–Kier alpha value is -0.650. The van der Waals surface area contributed by atoms with Crippen LogP contribution in [0.3, 0.4) is 0 Å². The molecule has 0 aromatic carbocycles. The maximum atomic E-state index is 5.81. The lowest BCUT2D eigenvalue weighted by Crippen LogP contribution is -2.43. The van der Waals surface area contributed by atoms with E-state index in [-0.39, 0.29) is 6.04 Å². The van der Waals surface area contributed by atoms with Gasteiger partial charge in [-0.1, -0.05) is 13.3 Å². The number of nitrogens with two attached hydrogens (primary N) is 2. The molecule has 5 N–H and O–H groups in total. The Morgan fingerprint density at radius 2 is 2.27 bits per heavy atom. The minimum absolute atomic E-state index is 0.0382. The molecule has 0 aliphatic rings. The van der Waals surface area contributed by atoms with E-state index < -0.39 is 0 Å². The van der Waals surface area contributed by atoms with Crippen molar-refractivity contribution in [3.63, 3.8) is 0 Å². The van der Waals surface area contributed by atoms with Crippen LogP contribution in [0.4, 0.5) is 0 Å². The van der Waals surface area contributed by atoms with Crippen LogP contribution in [0.1, 0.15) is 19.8 Å². The second-order valence-corrected chi connectivity index (χ2v) is 3.62. The number of nitrogens with zero attached hydrogens (tertiary/aromatic N) is 1. The highest BCUT2D eigenvalue weighted by Gasteiger charge is 2.08. The van der Waals surface area contributed by atoms with Crippen LogP contribution in [-0.4, -0.2) is 45.2 Å². The highest BCUT2D eigenvalue weighted by molar-refractivity contribution is 5.51. The molecule has 0 saturated heterocycles. The van der Waals surface area contributed by atoms with E-state index in [4.69, 9.17) is 16.2 Å². The summed E-state index contributed by atoms with van der Waals surface area (Å²) in [4.78, 5) is 4.03. The van der Waals surface area contributed by atoms with E-state index >= 15 is 0 Å². The summed E-state index contributed by atoms with van der Waals surface area (Å²) in [5, 5.41) is 3.37. The summed E-state index contributed by atoms with van der Waals surface area (Å²) >= 11 is 0. The lowest BCUT2D eigenvalue weighted by atomic mass is 10.1. The zero-order valence-corrected chi connectivity index (χ0v) is 9.78. The molecule has 0 bridgehead atoms. The molecule has 0 fully saturated rings. The molecule has 0 spiro atoms. The molecule has 0 radical (unpaired) electrons. The van der Waals surface area contributed by atoms with Gasteiger partial charge in [0, 0.05) is 25.7 Å². The van der Waals surface area contributed by atoms with Crippen molar-refractivity contribution in [2.45, 2.75) is 31.8 Å². The Labute approximate surface area is 92.3 Å². The van der Waals surface area contributed by atoms with E-state index in [2.05, 4.69) is 17.2 Å². The molecule has 15 heavy (non-hydrogen) atoms. The van der Waals surface area contributed by atoms with Crippen LogP contribution in [0.5, 0.6) is 0 Å². The van der Waals surface area contributed by atoms with E-state index in [1.54, 1.807) is 7.11 Å². The second kappa shape index (κ2) is 9.89. The van der Waals surface area contributed by atoms with Crippen LogP contribution >= 0.6 is 0 Å². The summed E-state index contributed by atoms with van der Waals surface area (Å²) in [5.41, 5.74) is 11.0. The molecule has 2 atom stereocenters. The smallest absolute Gasteiger partial charge is 0.0798 e. The highest BCUT2D eigenvalue weighted by Crippen LogP contribution is 1.97. The molecule has 0 aromatic rings. The van der Waals surface area contributed by atoms with Crippen LogP contribution in [0, 0.1) is 0 Å². The summed E-state index contributed by atoms with van der Waals surface area (Å²) in [5.74, 6) is 0. The van der Waals surface area contributed by atoms with Gasteiger partial charge in [-0.05, 0) is 6.42 Å². The number of aliphatic imine (C=N–C) groups is 1. The first-order valence-electron chi connectivity index (χ1n) is 5.42. The van der Waals surface area contributed by atoms with Gasteiger partial charge in [-0.2, -0.15) is 0 Å². The summed E-state index contributed by atoms with van der Waals surface area (Å²) in [7, 11) is 1.65. The van der Waals surface area contributed by atoms with Crippen molar-refractivity contribution in [2.75, 3.05) is 26.8 Å². The Kier molecular flexibility index (Phi) is 9.46. The van der Waals surface area contributed by atoms with Crippen LogP contribution < -0.4 is 16.8 Å². The fraction of sp³-hybridized carbons (Fsp3) is 0.900. The van der Waals surface area contributed by atoms with E-state index in [1.165, 1.54) is 6.34 Å². The molecule has 2 unspecified atom stereocenters. The van der Waals surface area contributed by atoms with Crippen molar-refractivity contribution in [3.8, 4) is 0 Å². The monoisotopic (exact) mass is 216 g/mol. The minimum atomic E-state index is 0.0382. The molecular weight excluding hydrogens is 192 g/mol. The molecule has 0 saturated carbocycles. The predicted molar refractivity (Wildman–Crippen MR) is 64.1 cm³/mol.